The number of hydrogen-bond donors (Lipinski definition) is 2. The molecule has 0 radical (unpaired) electrons. The third kappa shape index (κ3) is 2.03. The standard InChI is InChI=1S/C19H27NO3/c1-18-8-3-4-13(18)11-5-6-15-19(2,14(11)7-9-18)10-12(17(22)23)16(21)20-15/h3,8,11-15H,4-7,9-10H2,1-2H3,(H,20,21)(H,22,23)/t11-,12?,13-,14+,15?,18-,19+/m0/s1. The van der Waals surface area contributed by atoms with Crippen LogP contribution >= 0.6 is 0 Å². The SMILES string of the molecule is C[C@@]12C=CC[C@H]1[C@@H]1CCC3NC(=O)C(C(=O)O)C[C@]3(C)[C@@H]1CC2. The fourth-order valence-electron chi connectivity index (χ4n) is 6.47. The largest absolute Gasteiger partial charge is 0.481 e. The number of rotatable bonds is 1. The highest BCUT2D eigenvalue weighted by molar-refractivity contribution is 5.97. The summed E-state index contributed by atoms with van der Waals surface area (Å²) < 4.78 is 0. The maximum atomic E-state index is 12.1. The van der Waals surface area contributed by atoms with Crippen LogP contribution in [0.15, 0.2) is 12.2 Å². The van der Waals surface area contributed by atoms with E-state index in [2.05, 4.69) is 31.3 Å². The van der Waals surface area contributed by atoms with Crippen LogP contribution in [-0.4, -0.2) is 23.0 Å². The number of carbonyl (C=O) groups is 2. The number of allylic oxidation sites excluding steroid dienone is 2. The van der Waals surface area contributed by atoms with E-state index in [1.807, 2.05) is 0 Å². The number of hydrogen-bond acceptors (Lipinski definition) is 2. The first kappa shape index (κ1) is 15.2. The molecule has 1 amide bonds. The van der Waals surface area contributed by atoms with Crippen molar-refractivity contribution in [1.29, 1.82) is 0 Å². The average Bonchev–Trinajstić information content (AvgIpc) is 2.89. The van der Waals surface area contributed by atoms with Gasteiger partial charge in [-0.2, -0.15) is 0 Å². The van der Waals surface area contributed by atoms with Crippen LogP contribution in [0, 0.1) is 34.5 Å². The molecule has 7 atom stereocenters. The molecule has 0 spiro atoms. The number of carbonyl (C=O) groups excluding carboxylic acids is 1. The highest BCUT2D eigenvalue weighted by Gasteiger charge is 2.59. The number of aliphatic carboxylic acids is 1. The Balaban J connectivity index is 1.65. The second kappa shape index (κ2) is 4.84. The van der Waals surface area contributed by atoms with E-state index >= 15 is 0 Å². The molecule has 1 aliphatic heterocycles. The molecule has 2 saturated carbocycles. The molecule has 0 bridgehead atoms. The highest BCUT2D eigenvalue weighted by Crippen LogP contribution is 2.62. The molecule has 1 heterocycles. The molecular formula is C19H27NO3. The highest BCUT2D eigenvalue weighted by atomic mass is 16.4. The second-order valence-electron chi connectivity index (χ2n) is 8.80. The number of carboxylic acid groups (broad SMARTS) is 1. The van der Waals surface area contributed by atoms with Crippen LogP contribution in [0.1, 0.15) is 52.4 Å². The Morgan fingerprint density at radius 2 is 2.04 bits per heavy atom. The van der Waals surface area contributed by atoms with Crippen molar-refractivity contribution in [2.45, 2.75) is 58.4 Å². The van der Waals surface area contributed by atoms with Gasteiger partial charge in [0.15, 0.2) is 0 Å². The zero-order valence-corrected chi connectivity index (χ0v) is 14.0. The van der Waals surface area contributed by atoms with Crippen LogP contribution < -0.4 is 5.32 Å². The summed E-state index contributed by atoms with van der Waals surface area (Å²) in [6.07, 6.45) is 11.0. The van der Waals surface area contributed by atoms with Crippen LogP contribution in [0.4, 0.5) is 0 Å². The Hall–Kier alpha value is -1.32. The molecule has 4 nitrogen and oxygen atoms in total. The van der Waals surface area contributed by atoms with Gasteiger partial charge in [0.1, 0.15) is 5.92 Å². The minimum absolute atomic E-state index is 0.0657. The lowest BCUT2D eigenvalue weighted by Crippen LogP contribution is -2.63. The minimum Gasteiger partial charge on any atom is -0.481 e. The molecule has 0 aromatic heterocycles. The smallest absolute Gasteiger partial charge is 0.316 e. The molecular weight excluding hydrogens is 290 g/mol. The molecule has 0 aromatic rings. The summed E-state index contributed by atoms with van der Waals surface area (Å²) in [4.78, 5) is 23.6. The van der Waals surface area contributed by atoms with Gasteiger partial charge >= 0.3 is 5.97 Å². The summed E-state index contributed by atoms with van der Waals surface area (Å²) in [5.74, 6) is -0.185. The third-order valence-electron chi connectivity index (χ3n) is 7.77. The van der Waals surface area contributed by atoms with Gasteiger partial charge in [-0.3, -0.25) is 9.59 Å². The molecule has 4 aliphatic rings. The van der Waals surface area contributed by atoms with Gasteiger partial charge in [0.05, 0.1) is 0 Å². The summed E-state index contributed by atoms with van der Waals surface area (Å²) in [6.45, 7) is 4.64. The van der Waals surface area contributed by atoms with Crippen molar-refractivity contribution in [3.8, 4) is 0 Å². The molecule has 1 saturated heterocycles. The van der Waals surface area contributed by atoms with Crippen molar-refractivity contribution in [2.24, 2.45) is 34.5 Å². The van der Waals surface area contributed by atoms with E-state index < -0.39 is 11.9 Å². The van der Waals surface area contributed by atoms with Gasteiger partial charge < -0.3 is 10.4 Å². The predicted octanol–water partition coefficient (Wildman–Crippen LogP) is 2.98. The van der Waals surface area contributed by atoms with E-state index in [9.17, 15) is 14.7 Å². The Bertz CT molecular complexity index is 585. The Morgan fingerprint density at radius 1 is 1.26 bits per heavy atom. The number of piperidine rings is 1. The van der Waals surface area contributed by atoms with E-state index in [4.69, 9.17) is 0 Å². The Morgan fingerprint density at radius 3 is 2.78 bits per heavy atom. The molecule has 4 heteroatoms. The van der Waals surface area contributed by atoms with Crippen molar-refractivity contribution in [3.63, 3.8) is 0 Å². The molecule has 2 unspecified atom stereocenters. The molecule has 3 aliphatic carbocycles. The summed E-state index contributed by atoms with van der Waals surface area (Å²) >= 11 is 0. The van der Waals surface area contributed by atoms with Crippen molar-refractivity contribution >= 4 is 11.9 Å². The summed E-state index contributed by atoms with van der Waals surface area (Å²) in [6, 6.07) is 0.158. The molecule has 4 rings (SSSR count). The zero-order valence-electron chi connectivity index (χ0n) is 14.0. The Kier molecular flexibility index (Phi) is 3.20. The van der Waals surface area contributed by atoms with E-state index in [0.717, 1.165) is 12.8 Å². The lowest BCUT2D eigenvalue weighted by atomic mass is 9.47. The molecule has 23 heavy (non-hydrogen) atoms. The lowest BCUT2D eigenvalue weighted by Gasteiger charge is -2.60. The van der Waals surface area contributed by atoms with Gasteiger partial charge in [0.2, 0.25) is 5.91 Å². The number of amides is 1. The van der Waals surface area contributed by atoms with Gasteiger partial charge in [-0.1, -0.05) is 26.0 Å². The molecule has 2 N–H and O–H groups in total. The first-order chi connectivity index (χ1) is 10.8. The number of carboxylic acids is 1. The van der Waals surface area contributed by atoms with Gasteiger partial charge in [-0.15, -0.1) is 0 Å². The lowest BCUT2D eigenvalue weighted by molar-refractivity contribution is -0.158. The fourth-order valence-corrected chi connectivity index (χ4v) is 6.47. The minimum atomic E-state index is -0.965. The van der Waals surface area contributed by atoms with Crippen LogP contribution in [0.25, 0.3) is 0 Å². The van der Waals surface area contributed by atoms with E-state index in [-0.39, 0.29) is 17.4 Å². The Labute approximate surface area is 137 Å². The number of nitrogens with one attached hydrogen (secondary N) is 1. The van der Waals surface area contributed by atoms with Crippen molar-refractivity contribution in [2.75, 3.05) is 0 Å². The summed E-state index contributed by atoms with van der Waals surface area (Å²) in [5, 5.41) is 12.5. The molecule has 126 valence electrons. The quantitative estimate of drug-likeness (QED) is 0.577. The number of fused-ring (bicyclic) bond motifs is 5. The summed E-state index contributed by atoms with van der Waals surface area (Å²) in [7, 11) is 0. The first-order valence-electron chi connectivity index (χ1n) is 9.06. The van der Waals surface area contributed by atoms with Crippen LogP contribution in [-0.2, 0) is 9.59 Å². The van der Waals surface area contributed by atoms with E-state index in [1.54, 1.807) is 0 Å². The van der Waals surface area contributed by atoms with Crippen molar-refractivity contribution in [3.05, 3.63) is 12.2 Å². The van der Waals surface area contributed by atoms with Gasteiger partial charge in [0.25, 0.3) is 0 Å². The van der Waals surface area contributed by atoms with Gasteiger partial charge in [-0.05, 0) is 67.1 Å². The van der Waals surface area contributed by atoms with Crippen molar-refractivity contribution < 1.29 is 14.7 Å². The van der Waals surface area contributed by atoms with E-state index in [1.165, 1.54) is 19.3 Å². The first-order valence-corrected chi connectivity index (χ1v) is 9.06. The second-order valence-corrected chi connectivity index (χ2v) is 8.80. The van der Waals surface area contributed by atoms with E-state index in [0.29, 0.717) is 29.6 Å². The third-order valence-corrected chi connectivity index (χ3v) is 7.77. The molecule has 3 fully saturated rings. The maximum Gasteiger partial charge on any atom is 0.316 e. The normalized spacial score (nSPS) is 51.4. The average molecular weight is 317 g/mol. The predicted molar refractivity (Wildman–Crippen MR) is 86.6 cm³/mol. The van der Waals surface area contributed by atoms with Crippen molar-refractivity contribution in [1.82, 2.24) is 5.32 Å². The fraction of sp³-hybridized carbons (Fsp3) is 0.789. The van der Waals surface area contributed by atoms with Crippen LogP contribution in [0.5, 0.6) is 0 Å². The topological polar surface area (TPSA) is 66.4 Å². The van der Waals surface area contributed by atoms with Gasteiger partial charge in [0, 0.05) is 6.04 Å². The van der Waals surface area contributed by atoms with Crippen LogP contribution in [0.3, 0.4) is 0 Å². The summed E-state index contributed by atoms with van der Waals surface area (Å²) in [5.41, 5.74) is 0.276. The monoisotopic (exact) mass is 317 g/mol. The van der Waals surface area contributed by atoms with Gasteiger partial charge in [-0.25, -0.2) is 0 Å². The van der Waals surface area contributed by atoms with Crippen LogP contribution in [0.2, 0.25) is 0 Å². The zero-order chi connectivity index (χ0) is 16.4. The maximum absolute atomic E-state index is 12.1. The molecule has 0 aromatic carbocycles.